The van der Waals surface area contributed by atoms with E-state index in [0.717, 1.165) is 38.4 Å². The summed E-state index contributed by atoms with van der Waals surface area (Å²) in [6.45, 7) is 2.16. The summed E-state index contributed by atoms with van der Waals surface area (Å²) in [5.41, 5.74) is 0. The highest BCUT2D eigenvalue weighted by Gasteiger charge is 1.96. The second-order valence-corrected chi connectivity index (χ2v) is 4.33. The first kappa shape index (κ1) is 16.1. The van der Waals surface area contributed by atoms with Crippen molar-refractivity contribution < 1.29 is 9.90 Å². The molecule has 0 aliphatic rings. The summed E-state index contributed by atoms with van der Waals surface area (Å²) < 4.78 is 0. The molecule has 0 aliphatic carbocycles. The van der Waals surface area contributed by atoms with Crippen molar-refractivity contribution in [2.45, 2.75) is 64.4 Å². The van der Waals surface area contributed by atoms with E-state index in [-0.39, 0.29) is 6.10 Å². The van der Waals surface area contributed by atoms with E-state index in [0.29, 0.717) is 6.42 Å². The average Bonchev–Trinajstić information content (AvgIpc) is 2.33. The standard InChI is InChI=1S/C15H26O2/c1-2-3-9-12-15(17)13-10-7-5-4-6-8-11-14-16/h5,7,10,13-15,17H,2-4,6,8-9,11-12H2,1H3. The molecule has 1 N–H and O–H groups in total. The fraction of sp³-hybridized carbons (Fsp3) is 0.667. The molecule has 2 nitrogen and oxygen atoms in total. The average molecular weight is 238 g/mol. The molecule has 0 spiro atoms. The van der Waals surface area contributed by atoms with Crippen molar-refractivity contribution >= 4 is 6.29 Å². The summed E-state index contributed by atoms with van der Waals surface area (Å²) in [6.07, 6.45) is 16.5. The van der Waals surface area contributed by atoms with Crippen molar-refractivity contribution in [2.24, 2.45) is 0 Å². The number of carbonyl (C=O) groups is 1. The Balaban J connectivity index is 3.43. The van der Waals surface area contributed by atoms with E-state index >= 15 is 0 Å². The van der Waals surface area contributed by atoms with Gasteiger partial charge in [0.25, 0.3) is 0 Å². The van der Waals surface area contributed by atoms with Crippen LogP contribution in [0.5, 0.6) is 0 Å². The maximum Gasteiger partial charge on any atom is 0.119 e. The van der Waals surface area contributed by atoms with E-state index in [1.54, 1.807) is 0 Å². The van der Waals surface area contributed by atoms with Crippen LogP contribution < -0.4 is 0 Å². The Hall–Kier alpha value is -0.890. The molecule has 0 aromatic rings. The van der Waals surface area contributed by atoms with Crippen LogP contribution in [0.1, 0.15) is 58.3 Å². The lowest BCUT2D eigenvalue weighted by Crippen LogP contribution is -2.00. The van der Waals surface area contributed by atoms with Gasteiger partial charge in [0.1, 0.15) is 6.29 Å². The van der Waals surface area contributed by atoms with E-state index in [1.807, 2.05) is 18.2 Å². The van der Waals surface area contributed by atoms with E-state index < -0.39 is 0 Å². The van der Waals surface area contributed by atoms with Gasteiger partial charge < -0.3 is 9.90 Å². The lowest BCUT2D eigenvalue weighted by Gasteiger charge is -2.02. The molecule has 0 aromatic heterocycles. The van der Waals surface area contributed by atoms with Crippen LogP contribution in [0.15, 0.2) is 24.3 Å². The molecule has 98 valence electrons. The molecule has 0 rings (SSSR count). The first-order chi connectivity index (χ1) is 8.31. The lowest BCUT2D eigenvalue weighted by molar-refractivity contribution is -0.107. The maximum absolute atomic E-state index is 10.1. The number of rotatable bonds is 11. The van der Waals surface area contributed by atoms with Crippen LogP contribution in [0.3, 0.4) is 0 Å². The minimum atomic E-state index is -0.304. The molecule has 0 heterocycles. The zero-order valence-corrected chi connectivity index (χ0v) is 11.0. The van der Waals surface area contributed by atoms with Gasteiger partial charge in [-0.15, -0.1) is 0 Å². The van der Waals surface area contributed by atoms with Crippen molar-refractivity contribution in [3.63, 3.8) is 0 Å². The van der Waals surface area contributed by atoms with Gasteiger partial charge in [-0.1, -0.05) is 50.5 Å². The fourth-order valence-corrected chi connectivity index (χ4v) is 1.56. The van der Waals surface area contributed by atoms with Crippen molar-refractivity contribution in [2.75, 3.05) is 0 Å². The number of hydrogen-bond acceptors (Lipinski definition) is 2. The van der Waals surface area contributed by atoms with Gasteiger partial charge in [0.15, 0.2) is 0 Å². The largest absolute Gasteiger partial charge is 0.389 e. The number of carbonyl (C=O) groups excluding carboxylic acids is 1. The topological polar surface area (TPSA) is 37.3 Å². The van der Waals surface area contributed by atoms with E-state index in [1.165, 1.54) is 12.8 Å². The van der Waals surface area contributed by atoms with Crippen molar-refractivity contribution in [3.05, 3.63) is 24.3 Å². The van der Waals surface area contributed by atoms with Gasteiger partial charge in [-0.2, -0.15) is 0 Å². The molecule has 0 aromatic carbocycles. The summed E-state index contributed by atoms with van der Waals surface area (Å²) in [5.74, 6) is 0. The van der Waals surface area contributed by atoms with E-state index in [2.05, 4.69) is 13.0 Å². The molecule has 0 bridgehead atoms. The number of unbranched alkanes of at least 4 members (excludes halogenated alkanes) is 5. The summed E-state index contributed by atoms with van der Waals surface area (Å²) in [5, 5.41) is 9.59. The molecular weight excluding hydrogens is 212 g/mol. The molecule has 0 radical (unpaired) electrons. The Labute approximate surface area is 105 Å². The number of aldehydes is 1. The Kier molecular flexibility index (Phi) is 12.5. The van der Waals surface area contributed by atoms with Gasteiger partial charge in [-0.3, -0.25) is 0 Å². The Morgan fingerprint density at radius 3 is 2.53 bits per heavy atom. The number of aliphatic hydroxyl groups is 1. The molecule has 0 amide bonds. The van der Waals surface area contributed by atoms with Gasteiger partial charge in [-0.25, -0.2) is 0 Å². The molecule has 0 saturated carbocycles. The van der Waals surface area contributed by atoms with Crippen molar-refractivity contribution in [1.82, 2.24) is 0 Å². The summed E-state index contributed by atoms with van der Waals surface area (Å²) >= 11 is 0. The predicted molar refractivity (Wildman–Crippen MR) is 73.0 cm³/mol. The smallest absolute Gasteiger partial charge is 0.119 e. The molecule has 1 atom stereocenters. The van der Waals surface area contributed by atoms with E-state index in [9.17, 15) is 9.90 Å². The quantitative estimate of drug-likeness (QED) is 0.338. The summed E-state index contributed by atoms with van der Waals surface area (Å²) in [6, 6.07) is 0. The van der Waals surface area contributed by atoms with Gasteiger partial charge in [0.05, 0.1) is 6.10 Å². The predicted octanol–water partition coefficient (Wildman–Crippen LogP) is 3.80. The minimum Gasteiger partial charge on any atom is -0.389 e. The molecule has 2 heteroatoms. The van der Waals surface area contributed by atoms with Gasteiger partial charge >= 0.3 is 0 Å². The number of allylic oxidation sites excluding steroid dienone is 3. The molecular formula is C15H26O2. The zero-order chi connectivity index (χ0) is 12.8. The van der Waals surface area contributed by atoms with Crippen LogP contribution in [-0.4, -0.2) is 17.5 Å². The highest BCUT2D eigenvalue weighted by molar-refractivity contribution is 5.48. The third kappa shape index (κ3) is 13.0. The van der Waals surface area contributed by atoms with Gasteiger partial charge in [0, 0.05) is 6.42 Å². The van der Waals surface area contributed by atoms with E-state index in [4.69, 9.17) is 0 Å². The number of aliphatic hydroxyl groups excluding tert-OH is 1. The fourth-order valence-electron chi connectivity index (χ4n) is 1.56. The molecule has 0 fully saturated rings. The third-order valence-electron chi connectivity index (χ3n) is 2.63. The van der Waals surface area contributed by atoms with Crippen molar-refractivity contribution in [3.8, 4) is 0 Å². The first-order valence-corrected chi connectivity index (χ1v) is 6.76. The minimum absolute atomic E-state index is 0.304. The molecule has 17 heavy (non-hydrogen) atoms. The second-order valence-electron chi connectivity index (χ2n) is 4.33. The Morgan fingerprint density at radius 1 is 1.06 bits per heavy atom. The molecule has 0 saturated heterocycles. The SMILES string of the molecule is CCCCCC(O)C=CC=CCCCCC=O. The monoisotopic (exact) mass is 238 g/mol. The van der Waals surface area contributed by atoms with Crippen LogP contribution >= 0.6 is 0 Å². The molecule has 1 unspecified atom stereocenters. The Morgan fingerprint density at radius 2 is 1.82 bits per heavy atom. The summed E-state index contributed by atoms with van der Waals surface area (Å²) in [7, 11) is 0. The normalized spacial score (nSPS) is 13.5. The van der Waals surface area contributed by atoms with Crippen LogP contribution in [-0.2, 0) is 4.79 Å². The van der Waals surface area contributed by atoms with Gasteiger partial charge in [0.2, 0.25) is 0 Å². The number of hydrogen-bond donors (Lipinski definition) is 1. The summed E-state index contributed by atoms with van der Waals surface area (Å²) in [4.78, 5) is 10.1. The van der Waals surface area contributed by atoms with Crippen LogP contribution in [0.2, 0.25) is 0 Å². The highest BCUT2D eigenvalue weighted by Crippen LogP contribution is 2.04. The van der Waals surface area contributed by atoms with Crippen LogP contribution in [0, 0.1) is 0 Å². The maximum atomic E-state index is 10.1. The zero-order valence-electron chi connectivity index (χ0n) is 11.0. The van der Waals surface area contributed by atoms with Crippen LogP contribution in [0.25, 0.3) is 0 Å². The van der Waals surface area contributed by atoms with Crippen molar-refractivity contribution in [1.29, 1.82) is 0 Å². The van der Waals surface area contributed by atoms with Crippen LogP contribution in [0.4, 0.5) is 0 Å². The Bertz CT molecular complexity index is 219. The third-order valence-corrected chi connectivity index (χ3v) is 2.63. The highest BCUT2D eigenvalue weighted by atomic mass is 16.3. The van der Waals surface area contributed by atoms with Gasteiger partial charge in [-0.05, 0) is 25.7 Å². The first-order valence-electron chi connectivity index (χ1n) is 6.76. The second kappa shape index (κ2) is 13.2. The molecule has 0 aliphatic heterocycles. The lowest BCUT2D eigenvalue weighted by atomic mass is 10.1.